The highest BCUT2D eigenvalue weighted by Gasteiger charge is 2.69. The third-order valence-corrected chi connectivity index (χ3v) is 11.0. The summed E-state index contributed by atoms with van der Waals surface area (Å²) < 4.78 is 17.3. The molecule has 0 saturated heterocycles. The Labute approximate surface area is 211 Å². The normalized spacial score (nSPS) is 43.2. The van der Waals surface area contributed by atoms with Crippen LogP contribution in [-0.2, 0) is 28.6 Å². The Morgan fingerprint density at radius 2 is 1.66 bits per heavy atom. The molecule has 0 radical (unpaired) electrons. The highest BCUT2D eigenvalue weighted by atomic mass is 16.6. The minimum absolute atomic E-state index is 0.107. The van der Waals surface area contributed by atoms with Crippen molar-refractivity contribution >= 4 is 17.9 Å². The maximum absolute atomic E-state index is 12.5. The maximum atomic E-state index is 12.5. The van der Waals surface area contributed by atoms with Crippen molar-refractivity contribution < 1.29 is 28.6 Å². The zero-order valence-corrected chi connectivity index (χ0v) is 22.6. The summed E-state index contributed by atoms with van der Waals surface area (Å²) in [7, 11) is 1.43. The van der Waals surface area contributed by atoms with Gasteiger partial charge in [0.15, 0.2) is 0 Å². The standard InChI is InChI=1S/C29H46O6/c1-17(10-15-24(32)33-6)22-13-14-23-21-12-11-20-9-7-8-16-28(20,4)25(21)26(34-18(2)30)27(29(22,23)5)35-19(3)31/h17,20-23,25-27H,7-16H2,1-6H3/t17-,20+,21-,22+,23-,25+,26+,27+,28-,29+/m0/s1. The largest absolute Gasteiger partial charge is 0.469 e. The molecule has 0 spiro atoms. The molecular weight excluding hydrogens is 444 g/mol. The first kappa shape index (κ1) is 26.5. The first-order valence-corrected chi connectivity index (χ1v) is 13.9. The van der Waals surface area contributed by atoms with Gasteiger partial charge in [-0.1, -0.05) is 33.6 Å². The van der Waals surface area contributed by atoms with Gasteiger partial charge < -0.3 is 14.2 Å². The number of rotatable bonds is 6. The summed E-state index contributed by atoms with van der Waals surface area (Å²) in [6.07, 6.45) is 9.75. The number of methoxy groups -OCH3 is 1. The highest BCUT2D eigenvalue weighted by Crippen LogP contribution is 2.69. The van der Waals surface area contributed by atoms with Gasteiger partial charge in [0.05, 0.1) is 7.11 Å². The molecule has 4 rings (SSSR count). The molecule has 0 unspecified atom stereocenters. The lowest BCUT2D eigenvalue weighted by molar-refractivity contribution is -0.246. The molecule has 198 valence electrons. The van der Waals surface area contributed by atoms with Crippen LogP contribution >= 0.6 is 0 Å². The van der Waals surface area contributed by atoms with E-state index in [1.165, 1.54) is 53.1 Å². The van der Waals surface area contributed by atoms with E-state index in [0.717, 1.165) is 25.7 Å². The number of carbonyl (C=O) groups excluding carboxylic acids is 3. The minimum atomic E-state index is -0.458. The smallest absolute Gasteiger partial charge is 0.305 e. The molecule has 10 atom stereocenters. The number of carbonyl (C=O) groups is 3. The zero-order chi connectivity index (χ0) is 25.5. The van der Waals surface area contributed by atoms with Gasteiger partial charge in [-0.2, -0.15) is 0 Å². The Bertz CT molecular complexity index is 824. The molecule has 0 heterocycles. The molecule has 35 heavy (non-hydrogen) atoms. The second-order valence-corrected chi connectivity index (χ2v) is 12.6. The molecule has 4 saturated carbocycles. The topological polar surface area (TPSA) is 78.9 Å². The van der Waals surface area contributed by atoms with E-state index in [2.05, 4.69) is 20.8 Å². The summed E-state index contributed by atoms with van der Waals surface area (Å²) in [6.45, 7) is 9.91. The van der Waals surface area contributed by atoms with Crippen LogP contribution in [0.2, 0.25) is 0 Å². The van der Waals surface area contributed by atoms with Crippen molar-refractivity contribution in [1.82, 2.24) is 0 Å². The fraction of sp³-hybridized carbons (Fsp3) is 0.897. The van der Waals surface area contributed by atoms with Crippen molar-refractivity contribution in [3.63, 3.8) is 0 Å². The van der Waals surface area contributed by atoms with Crippen LogP contribution in [0, 0.1) is 46.3 Å². The van der Waals surface area contributed by atoms with Crippen LogP contribution in [-0.4, -0.2) is 37.2 Å². The van der Waals surface area contributed by atoms with E-state index in [1.54, 1.807) is 0 Å². The number of hydrogen-bond acceptors (Lipinski definition) is 6. The van der Waals surface area contributed by atoms with Crippen molar-refractivity contribution in [3.8, 4) is 0 Å². The lowest BCUT2D eigenvalue weighted by Gasteiger charge is -2.64. The second-order valence-electron chi connectivity index (χ2n) is 12.6. The van der Waals surface area contributed by atoms with Gasteiger partial charge in [-0.3, -0.25) is 14.4 Å². The van der Waals surface area contributed by atoms with Crippen LogP contribution in [0.3, 0.4) is 0 Å². The van der Waals surface area contributed by atoms with Crippen molar-refractivity contribution in [2.75, 3.05) is 7.11 Å². The van der Waals surface area contributed by atoms with Crippen LogP contribution in [0.5, 0.6) is 0 Å². The number of fused-ring (bicyclic) bond motifs is 5. The van der Waals surface area contributed by atoms with Gasteiger partial charge in [0, 0.05) is 31.6 Å². The van der Waals surface area contributed by atoms with Crippen LogP contribution in [0.1, 0.15) is 98.8 Å². The Morgan fingerprint density at radius 1 is 0.943 bits per heavy atom. The summed E-state index contributed by atoms with van der Waals surface area (Å²) in [6, 6.07) is 0. The molecule has 0 amide bonds. The number of hydrogen-bond donors (Lipinski definition) is 0. The van der Waals surface area contributed by atoms with Gasteiger partial charge in [-0.15, -0.1) is 0 Å². The van der Waals surface area contributed by atoms with Crippen molar-refractivity contribution in [2.24, 2.45) is 46.3 Å². The van der Waals surface area contributed by atoms with E-state index in [4.69, 9.17) is 14.2 Å². The maximum Gasteiger partial charge on any atom is 0.305 e. The third kappa shape index (κ3) is 4.52. The van der Waals surface area contributed by atoms with Crippen molar-refractivity contribution in [3.05, 3.63) is 0 Å². The monoisotopic (exact) mass is 490 g/mol. The quantitative estimate of drug-likeness (QED) is 0.351. The second kappa shape index (κ2) is 10.0. The van der Waals surface area contributed by atoms with E-state index >= 15 is 0 Å². The van der Waals surface area contributed by atoms with E-state index in [0.29, 0.717) is 24.2 Å². The fourth-order valence-electron chi connectivity index (χ4n) is 9.62. The molecule has 4 fully saturated rings. The molecule has 4 aliphatic rings. The van der Waals surface area contributed by atoms with Gasteiger partial charge in [0.25, 0.3) is 0 Å². The summed E-state index contributed by atoms with van der Waals surface area (Å²) in [5.41, 5.74) is -0.185. The molecule has 0 aliphatic heterocycles. The lowest BCUT2D eigenvalue weighted by atomic mass is 9.43. The molecule has 6 nitrogen and oxygen atoms in total. The molecule has 0 aromatic rings. The predicted molar refractivity (Wildman–Crippen MR) is 132 cm³/mol. The fourth-order valence-corrected chi connectivity index (χ4v) is 9.62. The first-order valence-electron chi connectivity index (χ1n) is 13.9. The van der Waals surface area contributed by atoms with E-state index in [9.17, 15) is 14.4 Å². The van der Waals surface area contributed by atoms with Crippen LogP contribution in [0.15, 0.2) is 0 Å². The zero-order valence-electron chi connectivity index (χ0n) is 22.6. The average molecular weight is 491 g/mol. The van der Waals surface area contributed by atoms with Gasteiger partial charge >= 0.3 is 17.9 Å². The molecule has 4 aliphatic carbocycles. The van der Waals surface area contributed by atoms with Crippen molar-refractivity contribution in [2.45, 2.75) is 111 Å². The Morgan fingerprint density at radius 3 is 2.31 bits per heavy atom. The predicted octanol–water partition coefficient (Wildman–Crippen LogP) is 5.71. The van der Waals surface area contributed by atoms with E-state index in [-0.39, 0.29) is 46.5 Å². The summed E-state index contributed by atoms with van der Waals surface area (Å²) in [4.78, 5) is 36.9. The van der Waals surface area contributed by atoms with Crippen molar-refractivity contribution in [1.29, 1.82) is 0 Å². The van der Waals surface area contributed by atoms with Crippen LogP contribution in [0.4, 0.5) is 0 Å². The van der Waals surface area contributed by atoms with Gasteiger partial charge in [0.1, 0.15) is 12.2 Å². The van der Waals surface area contributed by atoms with E-state index in [1.807, 2.05) is 0 Å². The highest BCUT2D eigenvalue weighted by molar-refractivity contribution is 5.69. The first-order chi connectivity index (χ1) is 16.5. The SMILES string of the molecule is COC(=O)CC[C@H](C)[C@H]1CC[C@H]2[C@@H]3CC[C@H]4CCCC[C@]4(C)[C@H]3[C@@H](OC(C)=O)[C@@H](OC(C)=O)[C@]12C. The Hall–Kier alpha value is -1.59. The number of ether oxygens (including phenoxy) is 3. The summed E-state index contributed by atoms with van der Waals surface area (Å²) in [5, 5.41) is 0. The minimum Gasteiger partial charge on any atom is -0.469 e. The van der Waals surface area contributed by atoms with Crippen LogP contribution in [0.25, 0.3) is 0 Å². The molecular formula is C29H46O6. The summed E-state index contributed by atoms with van der Waals surface area (Å²) in [5.74, 6) is 1.55. The molecule has 0 aromatic heterocycles. The Balaban J connectivity index is 1.76. The average Bonchev–Trinajstić information content (AvgIpc) is 3.16. The van der Waals surface area contributed by atoms with Crippen LogP contribution < -0.4 is 0 Å². The third-order valence-electron chi connectivity index (χ3n) is 11.0. The molecule has 0 aromatic carbocycles. The Kier molecular flexibility index (Phi) is 7.60. The summed E-state index contributed by atoms with van der Waals surface area (Å²) >= 11 is 0. The lowest BCUT2D eigenvalue weighted by Crippen LogP contribution is -2.66. The van der Waals surface area contributed by atoms with E-state index < -0.39 is 12.2 Å². The van der Waals surface area contributed by atoms with Gasteiger partial charge in [0.2, 0.25) is 0 Å². The molecule has 6 heteroatoms. The molecule has 0 N–H and O–H groups in total. The number of esters is 3. The molecule has 0 bridgehead atoms. The van der Waals surface area contributed by atoms with Gasteiger partial charge in [-0.05, 0) is 80.0 Å². The van der Waals surface area contributed by atoms with Gasteiger partial charge in [-0.25, -0.2) is 0 Å².